The monoisotopic (exact) mass is 449 g/mol. The molecule has 1 heterocycles. The topological polar surface area (TPSA) is 108 Å². The Hall–Kier alpha value is -3.96. The van der Waals surface area contributed by atoms with Crippen molar-refractivity contribution in [1.29, 1.82) is 0 Å². The van der Waals surface area contributed by atoms with Crippen LogP contribution in [0.2, 0.25) is 0 Å². The van der Waals surface area contributed by atoms with Gasteiger partial charge >= 0.3 is 12.3 Å². The molecule has 0 aliphatic carbocycles. The number of aromatic nitrogens is 4. The SMILES string of the molecule is Cc1ccc(-c2nnn(CC(=O)OC(C)C(=O)Nc3ccc(OC(F)(F)F)cc3)n2)cc1. The van der Waals surface area contributed by atoms with E-state index in [0.29, 0.717) is 5.82 Å². The maximum absolute atomic E-state index is 12.2. The predicted molar refractivity (Wildman–Crippen MR) is 105 cm³/mol. The fourth-order valence-electron chi connectivity index (χ4n) is 2.52. The Morgan fingerprint density at radius 1 is 1.09 bits per heavy atom. The summed E-state index contributed by atoms with van der Waals surface area (Å²) in [6.45, 7) is 2.93. The third-order valence-corrected chi connectivity index (χ3v) is 4.07. The zero-order valence-electron chi connectivity index (χ0n) is 17.0. The minimum Gasteiger partial charge on any atom is -0.451 e. The Morgan fingerprint density at radius 2 is 1.75 bits per heavy atom. The first-order valence-corrected chi connectivity index (χ1v) is 9.30. The molecule has 168 valence electrons. The Bertz CT molecular complexity index is 1080. The number of halogens is 3. The molecule has 1 atom stereocenters. The van der Waals surface area contributed by atoms with Crippen molar-refractivity contribution in [1.82, 2.24) is 20.2 Å². The van der Waals surface area contributed by atoms with Crippen molar-refractivity contribution in [3.63, 3.8) is 0 Å². The van der Waals surface area contributed by atoms with Crippen LogP contribution in [0.3, 0.4) is 0 Å². The van der Waals surface area contributed by atoms with Gasteiger partial charge in [-0.15, -0.1) is 23.4 Å². The molecule has 32 heavy (non-hydrogen) atoms. The van der Waals surface area contributed by atoms with E-state index in [-0.39, 0.29) is 12.2 Å². The zero-order valence-corrected chi connectivity index (χ0v) is 17.0. The highest BCUT2D eigenvalue weighted by atomic mass is 19.4. The molecule has 0 saturated heterocycles. The largest absolute Gasteiger partial charge is 0.573 e. The molecule has 0 aliphatic heterocycles. The maximum atomic E-state index is 12.2. The van der Waals surface area contributed by atoms with E-state index in [4.69, 9.17) is 4.74 Å². The number of esters is 1. The number of hydrogen-bond acceptors (Lipinski definition) is 7. The van der Waals surface area contributed by atoms with E-state index in [9.17, 15) is 22.8 Å². The number of anilines is 1. The Balaban J connectivity index is 1.51. The standard InChI is InChI=1S/C20H18F3N5O4/c1-12-3-5-14(6-4-12)18-25-27-28(26-18)11-17(29)31-13(2)19(30)24-15-7-9-16(10-8-15)32-20(21,22)23/h3-10,13H,11H2,1-2H3,(H,24,30). The van der Waals surface area contributed by atoms with Crippen LogP contribution in [0.4, 0.5) is 18.9 Å². The normalized spacial score (nSPS) is 12.2. The number of amides is 1. The van der Waals surface area contributed by atoms with Gasteiger partial charge in [0.25, 0.3) is 5.91 Å². The van der Waals surface area contributed by atoms with Gasteiger partial charge < -0.3 is 14.8 Å². The second-order valence-electron chi connectivity index (χ2n) is 6.70. The van der Waals surface area contributed by atoms with E-state index in [1.54, 1.807) is 0 Å². The number of hydrogen-bond donors (Lipinski definition) is 1. The molecule has 1 amide bonds. The summed E-state index contributed by atoms with van der Waals surface area (Å²) in [6.07, 6.45) is -5.98. The molecule has 0 radical (unpaired) electrons. The number of carbonyl (C=O) groups is 2. The van der Waals surface area contributed by atoms with Crippen molar-refractivity contribution in [3.05, 3.63) is 54.1 Å². The number of ether oxygens (including phenoxy) is 2. The van der Waals surface area contributed by atoms with Crippen LogP contribution < -0.4 is 10.1 Å². The molecule has 9 nitrogen and oxygen atoms in total. The van der Waals surface area contributed by atoms with Crippen molar-refractivity contribution >= 4 is 17.6 Å². The van der Waals surface area contributed by atoms with Gasteiger partial charge in [0.1, 0.15) is 5.75 Å². The molecule has 12 heteroatoms. The van der Waals surface area contributed by atoms with Gasteiger partial charge in [0.15, 0.2) is 12.6 Å². The summed E-state index contributed by atoms with van der Waals surface area (Å²) >= 11 is 0. The molecule has 0 spiro atoms. The third-order valence-electron chi connectivity index (χ3n) is 4.07. The minimum absolute atomic E-state index is 0.202. The average Bonchev–Trinajstić information content (AvgIpc) is 3.17. The van der Waals surface area contributed by atoms with Crippen LogP contribution in [-0.4, -0.2) is 44.6 Å². The maximum Gasteiger partial charge on any atom is 0.573 e. The van der Waals surface area contributed by atoms with Crippen molar-refractivity contribution in [2.45, 2.75) is 32.9 Å². The molecular formula is C20H18F3N5O4. The number of aryl methyl sites for hydroxylation is 1. The summed E-state index contributed by atoms with van der Waals surface area (Å²) in [5, 5.41) is 14.2. The van der Waals surface area contributed by atoms with Crippen molar-refractivity contribution in [2.24, 2.45) is 0 Å². The number of nitrogens with zero attached hydrogens (tertiary/aromatic N) is 4. The fraction of sp³-hybridized carbons (Fsp3) is 0.250. The second kappa shape index (κ2) is 9.45. The number of nitrogens with one attached hydrogen (secondary N) is 1. The zero-order chi connectivity index (χ0) is 23.3. The summed E-state index contributed by atoms with van der Waals surface area (Å²) in [6, 6.07) is 12.0. The van der Waals surface area contributed by atoms with Crippen LogP contribution in [0.15, 0.2) is 48.5 Å². The van der Waals surface area contributed by atoms with Crippen molar-refractivity contribution in [3.8, 4) is 17.1 Å². The average molecular weight is 449 g/mol. The lowest BCUT2D eigenvalue weighted by atomic mass is 10.1. The van der Waals surface area contributed by atoms with Crippen LogP contribution >= 0.6 is 0 Å². The molecule has 1 unspecified atom stereocenters. The molecule has 1 N–H and O–H groups in total. The minimum atomic E-state index is -4.81. The molecule has 2 aromatic carbocycles. The number of carbonyl (C=O) groups excluding carboxylic acids is 2. The molecule has 0 aliphatic rings. The van der Waals surface area contributed by atoms with E-state index in [0.717, 1.165) is 28.1 Å². The van der Waals surface area contributed by atoms with Gasteiger partial charge in [-0.2, -0.15) is 4.80 Å². The van der Waals surface area contributed by atoms with Crippen LogP contribution in [0.25, 0.3) is 11.4 Å². The fourth-order valence-corrected chi connectivity index (χ4v) is 2.52. The van der Waals surface area contributed by atoms with Crippen molar-refractivity contribution < 1.29 is 32.2 Å². The van der Waals surface area contributed by atoms with Crippen LogP contribution in [-0.2, 0) is 20.9 Å². The van der Waals surface area contributed by atoms with Gasteiger partial charge in [0, 0.05) is 11.3 Å². The van der Waals surface area contributed by atoms with Crippen LogP contribution in [0, 0.1) is 6.92 Å². The quantitative estimate of drug-likeness (QED) is 0.552. The van der Waals surface area contributed by atoms with Crippen LogP contribution in [0.1, 0.15) is 12.5 Å². The molecule has 1 aromatic heterocycles. The smallest absolute Gasteiger partial charge is 0.451 e. The molecule has 0 saturated carbocycles. The third kappa shape index (κ3) is 6.52. The summed E-state index contributed by atoms with van der Waals surface area (Å²) in [5.74, 6) is -1.54. The molecule has 3 rings (SSSR count). The van der Waals surface area contributed by atoms with Gasteiger partial charge in [-0.3, -0.25) is 4.79 Å². The summed E-state index contributed by atoms with van der Waals surface area (Å²) in [5.41, 5.74) is 2.00. The Labute approximate surface area is 180 Å². The van der Waals surface area contributed by atoms with Crippen LogP contribution in [0.5, 0.6) is 5.75 Å². The Kier molecular flexibility index (Phi) is 6.71. The number of benzene rings is 2. The summed E-state index contributed by atoms with van der Waals surface area (Å²) in [7, 11) is 0. The number of tetrazole rings is 1. The summed E-state index contributed by atoms with van der Waals surface area (Å²) < 4.78 is 45.4. The lowest BCUT2D eigenvalue weighted by Crippen LogP contribution is -2.31. The Morgan fingerprint density at radius 3 is 2.38 bits per heavy atom. The van der Waals surface area contributed by atoms with Gasteiger partial charge in [-0.05, 0) is 43.3 Å². The molecule has 0 bridgehead atoms. The van der Waals surface area contributed by atoms with Gasteiger partial charge in [-0.25, -0.2) is 4.79 Å². The second-order valence-corrected chi connectivity index (χ2v) is 6.70. The van der Waals surface area contributed by atoms with Gasteiger partial charge in [0.2, 0.25) is 5.82 Å². The first-order valence-electron chi connectivity index (χ1n) is 9.30. The lowest BCUT2D eigenvalue weighted by molar-refractivity contribution is -0.274. The molecule has 3 aromatic rings. The highest BCUT2D eigenvalue weighted by Gasteiger charge is 2.31. The number of alkyl halides is 3. The lowest BCUT2D eigenvalue weighted by Gasteiger charge is -2.14. The van der Waals surface area contributed by atoms with Gasteiger partial charge in [-0.1, -0.05) is 29.8 Å². The van der Waals surface area contributed by atoms with E-state index in [1.807, 2.05) is 31.2 Å². The van der Waals surface area contributed by atoms with E-state index < -0.39 is 30.1 Å². The number of rotatable bonds is 7. The first-order chi connectivity index (χ1) is 15.1. The highest BCUT2D eigenvalue weighted by Crippen LogP contribution is 2.24. The van der Waals surface area contributed by atoms with E-state index in [1.165, 1.54) is 19.1 Å². The first kappa shape index (κ1) is 22.7. The molecular weight excluding hydrogens is 431 g/mol. The van der Waals surface area contributed by atoms with E-state index >= 15 is 0 Å². The highest BCUT2D eigenvalue weighted by molar-refractivity contribution is 5.95. The summed E-state index contributed by atoms with van der Waals surface area (Å²) in [4.78, 5) is 25.3. The predicted octanol–water partition coefficient (Wildman–Crippen LogP) is 3.12. The molecule has 0 fully saturated rings. The van der Waals surface area contributed by atoms with E-state index in [2.05, 4.69) is 25.5 Å². The van der Waals surface area contributed by atoms with Crippen molar-refractivity contribution in [2.75, 3.05) is 5.32 Å². The van der Waals surface area contributed by atoms with Gasteiger partial charge in [0.05, 0.1) is 0 Å².